The van der Waals surface area contributed by atoms with Crippen molar-refractivity contribution in [3.63, 3.8) is 0 Å². The summed E-state index contributed by atoms with van der Waals surface area (Å²) in [6.45, 7) is 1.94. The quantitative estimate of drug-likeness (QED) is 0.608. The van der Waals surface area contributed by atoms with Gasteiger partial charge in [-0.05, 0) is 13.0 Å². The van der Waals surface area contributed by atoms with E-state index in [2.05, 4.69) is 0 Å². The van der Waals surface area contributed by atoms with Gasteiger partial charge >= 0.3 is 5.56 Å². The predicted molar refractivity (Wildman–Crippen MR) is 75.0 cm³/mol. The first-order chi connectivity index (χ1) is 9.18. The van der Waals surface area contributed by atoms with Crippen LogP contribution in [-0.4, -0.2) is 4.40 Å². The first-order valence-electron chi connectivity index (χ1n) is 6.25. The Morgan fingerprint density at radius 1 is 1.00 bits per heavy atom. The molecular formula is C16H15N2O+. The summed E-state index contributed by atoms with van der Waals surface area (Å²) in [6, 6.07) is 17.5. The van der Waals surface area contributed by atoms with Crippen LogP contribution in [0.1, 0.15) is 5.69 Å². The van der Waals surface area contributed by atoms with Gasteiger partial charge in [0.15, 0.2) is 0 Å². The highest BCUT2D eigenvalue weighted by molar-refractivity contribution is 5.56. The van der Waals surface area contributed by atoms with Crippen LogP contribution in [0.5, 0.6) is 0 Å². The molecule has 0 aliphatic carbocycles. The smallest absolute Gasteiger partial charge is 0.241 e. The van der Waals surface area contributed by atoms with Crippen molar-refractivity contribution in [3.8, 4) is 11.3 Å². The summed E-state index contributed by atoms with van der Waals surface area (Å²) in [5, 5.41) is 0. The molecule has 0 fully saturated rings. The van der Waals surface area contributed by atoms with Gasteiger partial charge in [-0.3, -0.25) is 0 Å². The van der Waals surface area contributed by atoms with E-state index in [1.807, 2.05) is 67.1 Å². The highest BCUT2D eigenvalue weighted by Crippen LogP contribution is 2.13. The number of benzene rings is 1. The highest BCUT2D eigenvalue weighted by Gasteiger charge is 2.15. The Balaban J connectivity index is 2.42. The maximum atomic E-state index is 12.3. The molecule has 0 N–H and O–H groups in total. The third-order valence-corrected chi connectivity index (χ3v) is 3.42. The molecule has 3 aromatic rings. The van der Waals surface area contributed by atoms with Gasteiger partial charge in [0.05, 0.1) is 13.1 Å². The number of pyridine rings is 1. The molecule has 0 bridgehead atoms. The van der Waals surface area contributed by atoms with Gasteiger partial charge in [0.2, 0.25) is 0 Å². The van der Waals surface area contributed by atoms with Crippen LogP contribution < -0.4 is 10.1 Å². The standard InChI is InChI=1S/C16H15N2O/c1-12-7-6-10-15-17(2)14(11-16(19)18(12)15)13-8-4-3-5-9-13/h3-11H,1-2H3/q+1. The molecule has 0 spiro atoms. The molecule has 3 nitrogen and oxygen atoms in total. The minimum atomic E-state index is 0.00468. The van der Waals surface area contributed by atoms with Crippen LogP contribution in [0.4, 0.5) is 0 Å². The van der Waals surface area contributed by atoms with Crippen molar-refractivity contribution in [2.24, 2.45) is 7.05 Å². The number of fused-ring (bicyclic) bond motifs is 1. The molecule has 94 valence electrons. The Kier molecular flexibility index (Phi) is 2.67. The van der Waals surface area contributed by atoms with Crippen molar-refractivity contribution in [1.29, 1.82) is 0 Å². The van der Waals surface area contributed by atoms with E-state index in [-0.39, 0.29) is 5.56 Å². The molecule has 3 rings (SSSR count). The topological polar surface area (TPSA) is 25.4 Å². The van der Waals surface area contributed by atoms with Crippen molar-refractivity contribution in [3.05, 3.63) is 70.6 Å². The van der Waals surface area contributed by atoms with Crippen LogP contribution >= 0.6 is 0 Å². The highest BCUT2D eigenvalue weighted by atomic mass is 16.1. The maximum Gasteiger partial charge on any atom is 0.343 e. The maximum absolute atomic E-state index is 12.3. The van der Waals surface area contributed by atoms with Gasteiger partial charge in [0.1, 0.15) is 11.4 Å². The Morgan fingerprint density at radius 2 is 1.74 bits per heavy atom. The Morgan fingerprint density at radius 3 is 2.47 bits per heavy atom. The lowest BCUT2D eigenvalue weighted by atomic mass is 10.1. The molecule has 0 aliphatic rings. The molecule has 0 amide bonds. The summed E-state index contributed by atoms with van der Waals surface area (Å²) in [5.41, 5.74) is 3.82. The molecule has 19 heavy (non-hydrogen) atoms. The van der Waals surface area contributed by atoms with Crippen LogP contribution in [0.2, 0.25) is 0 Å². The van der Waals surface area contributed by atoms with Crippen LogP contribution in [0.3, 0.4) is 0 Å². The van der Waals surface area contributed by atoms with Crippen LogP contribution in [0.15, 0.2) is 59.4 Å². The molecule has 0 saturated carbocycles. The van der Waals surface area contributed by atoms with E-state index in [0.717, 1.165) is 22.6 Å². The number of rotatable bonds is 1. The summed E-state index contributed by atoms with van der Waals surface area (Å²) in [6.07, 6.45) is 0. The Bertz CT molecular complexity index is 804. The molecule has 0 radical (unpaired) electrons. The zero-order valence-corrected chi connectivity index (χ0v) is 11.0. The predicted octanol–water partition coefficient (Wildman–Crippen LogP) is 2.10. The lowest BCUT2D eigenvalue weighted by Gasteiger charge is -2.06. The van der Waals surface area contributed by atoms with Crippen molar-refractivity contribution in [2.45, 2.75) is 6.92 Å². The summed E-state index contributed by atoms with van der Waals surface area (Å²) in [4.78, 5) is 12.3. The second-order valence-corrected chi connectivity index (χ2v) is 4.65. The van der Waals surface area contributed by atoms with Gasteiger partial charge in [0, 0.05) is 11.6 Å². The van der Waals surface area contributed by atoms with Gasteiger partial charge < -0.3 is 0 Å². The van der Waals surface area contributed by atoms with E-state index >= 15 is 0 Å². The zero-order chi connectivity index (χ0) is 13.4. The first-order valence-corrected chi connectivity index (χ1v) is 6.25. The molecule has 0 aliphatic heterocycles. The molecule has 2 heterocycles. The summed E-state index contributed by atoms with van der Waals surface area (Å²) < 4.78 is 3.77. The fraction of sp³-hybridized carbons (Fsp3) is 0.125. The second kappa shape index (κ2) is 4.35. The molecule has 0 saturated heterocycles. The van der Waals surface area contributed by atoms with E-state index < -0.39 is 0 Å². The number of aromatic nitrogens is 2. The van der Waals surface area contributed by atoms with E-state index in [4.69, 9.17) is 0 Å². The number of aryl methyl sites for hydroxylation is 2. The minimum absolute atomic E-state index is 0.00468. The fourth-order valence-corrected chi connectivity index (χ4v) is 2.44. The van der Waals surface area contributed by atoms with Gasteiger partial charge in [-0.15, -0.1) is 0 Å². The van der Waals surface area contributed by atoms with Crippen LogP contribution in [0, 0.1) is 6.92 Å². The van der Waals surface area contributed by atoms with Gasteiger partial charge in [-0.25, -0.2) is 9.36 Å². The molecule has 0 unspecified atom stereocenters. The van der Waals surface area contributed by atoms with E-state index in [0.29, 0.717) is 0 Å². The van der Waals surface area contributed by atoms with Crippen molar-refractivity contribution >= 4 is 5.65 Å². The average molecular weight is 251 g/mol. The van der Waals surface area contributed by atoms with E-state index in [9.17, 15) is 4.79 Å². The molecule has 2 aromatic heterocycles. The van der Waals surface area contributed by atoms with Crippen LogP contribution in [0.25, 0.3) is 16.9 Å². The monoisotopic (exact) mass is 251 g/mol. The normalized spacial score (nSPS) is 10.8. The van der Waals surface area contributed by atoms with Gasteiger partial charge in [-0.2, -0.15) is 4.40 Å². The van der Waals surface area contributed by atoms with Gasteiger partial charge in [0.25, 0.3) is 5.65 Å². The van der Waals surface area contributed by atoms with E-state index in [1.54, 1.807) is 10.5 Å². The first kappa shape index (κ1) is 11.7. The lowest BCUT2D eigenvalue weighted by molar-refractivity contribution is -0.637. The molecule has 1 aromatic carbocycles. The SMILES string of the molecule is Cc1cccc2n1c(=O)cc(-c1ccccc1)[n+]2C. The number of hydrogen-bond acceptors (Lipinski definition) is 1. The molecule has 3 heteroatoms. The summed E-state index contributed by atoms with van der Waals surface area (Å²) >= 11 is 0. The Labute approximate surface area is 111 Å². The van der Waals surface area contributed by atoms with Crippen LogP contribution in [-0.2, 0) is 7.05 Å². The number of nitrogens with zero attached hydrogens (tertiary/aromatic N) is 2. The van der Waals surface area contributed by atoms with Gasteiger partial charge in [-0.1, -0.05) is 36.4 Å². The Hall–Kier alpha value is -2.42. The third kappa shape index (κ3) is 1.83. The average Bonchev–Trinajstić information content (AvgIpc) is 2.43. The summed E-state index contributed by atoms with van der Waals surface area (Å²) in [7, 11) is 1.98. The molecule has 0 atom stereocenters. The second-order valence-electron chi connectivity index (χ2n) is 4.65. The van der Waals surface area contributed by atoms with Crippen molar-refractivity contribution in [1.82, 2.24) is 4.40 Å². The minimum Gasteiger partial charge on any atom is -0.241 e. The largest absolute Gasteiger partial charge is 0.343 e. The third-order valence-electron chi connectivity index (χ3n) is 3.42. The van der Waals surface area contributed by atoms with Crippen molar-refractivity contribution in [2.75, 3.05) is 0 Å². The lowest BCUT2D eigenvalue weighted by Crippen LogP contribution is -2.38. The van der Waals surface area contributed by atoms with Crippen molar-refractivity contribution < 1.29 is 4.57 Å². The number of hydrogen-bond donors (Lipinski definition) is 0. The fourth-order valence-electron chi connectivity index (χ4n) is 2.44. The molecular weight excluding hydrogens is 236 g/mol. The summed E-state index contributed by atoms with van der Waals surface area (Å²) in [5.74, 6) is 0. The zero-order valence-electron chi connectivity index (χ0n) is 11.0. The van der Waals surface area contributed by atoms with E-state index in [1.165, 1.54) is 0 Å².